The molecule has 1 aromatic carbocycles. The zero-order chi connectivity index (χ0) is 12.6. The van der Waals surface area contributed by atoms with E-state index in [0.29, 0.717) is 15.7 Å². The van der Waals surface area contributed by atoms with E-state index in [-0.39, 0.29) is 5.89 Å². The summed E-state index contributed by atoms with van der Waals surface area (Å²) in [6.45, 7) is 0. The molecule has 0 aliphatic carbocycles. The second-order valence-corrected chi connectivity index (χ2v) is 4.11. The van der Waals surface area contributed by atoms with E-state index in [9.17, 15) is 13.2 Å². The Bertz CT molecular complexity index is 532. The van der Waals surface area contributed by atoms with Gasteiger partial charge in [0.2, 0.25) is 0 Å². The van der Waals surface area contributed by atoms with Crippen LogP contribution in [0, 0.1) is 0 Å². The Morgan fingerprint density at radius 1 is 1.24 bits per heavy atom. The smallest absolute Gasteiger partial charge is 0.399 e. The number of alkyl halides is 3. The minimum atomic E-state index is -4.63. The SMILES string of the molecule is Nc1cc(Br)cc(-c2nc(C(F)(F)F)no2)c1. The summed E-state index contributed by atoms with van der Waals surface area (Å²) in [4.78, 5) is 3.25. The van der Waals surface area contributed by atoms with Gasteiger partial charge in [0.05, 0.1) is 0 Å². The molecule has 0 fully saturated rings. The normalized spacial score (nSPS) is 11.8. The van der Waals surface area contributed by atoms with Crippen LogP contribution in [0.2, 0.25) is 0 Å². The third-order valence-corrected chi connectivity index (χ3v) is 2.30. The van der Waals surface area contributed by atoms with Gasteiger partial charge in [0.15, 0.2) is 0 Å². The van der Waals surface area contributed by atoms with Crippen LogP contribution in [0.25, 0.3) is 11.5 Å². The van der Waals surface area contributed by atoms with Crippen molar-refractivity contribution in [2.75, 3.05) is 5.73 Å². The molecule has 4 nitrogen and oxygen atoms in total. The van der Waals surface area contributed by atoms with Gasteiger partial charge >= 0.3 is 6.18 Å². The number of anilines is 1. The van der Waals surface area contributed by atoms with E-state index < -0.39 is 12.0 Å². The standard InChI is InChI=1S/C9H5BrF3N3O/c10-5-1-4(2-6(14)3-5)7-15-8(16-17-7)9(11,12)13/h1-3H,14H2. The number of aromatic nitrogens is 2. The first-order chi connectivity index (χ1) is 7.86. The Labute approximate surface area is 102 Å². The van der Waals surface area contributed by atoms with Gasteiger partial charge in [0.25, 0.3) is 11.7 Å². The van der Waals surface area contributed by atoms with Crippen LogP contribution in [-0.4, -0.2) is 10.1 Å². The minimum Gasteiger partial charge on any atom is -0.399 e. The van der Waals surface area contributed by atoms with E-state index in [1.807, 2.05) is 0 Å². The lowest BCUT2D eigenvalue weighted by Gasteiger charge is -1.99. The number of nitrogen functional groups attached to an aromatic ring is 1. The maximum Gasteiger partial charge on any atom is 0.455 e. The summed E-state index contributed by atoms with van der Waals surface area (Å²) in [6, 6.07) is 4.58. The second-order valence-electron chi connectivity index (χ2n) is 3.19. The van der Waals surface area contributed by atoms with Crippen LogP contribution in [0.3, 0.4) is 0 Å². The van der Waals surface area contributed by atoms with Crippen LogP contribution in [0.5, 0.6) is 0 Å². The molecule has 0 aliphatic heterocycles. The van der Waals surface area contributed by atoms with Gasteiger partial charge in [-0.2, -0.15) is 18.2 Å². The number of hydrogen-bond donors (Lipinski definition) is 1. The van der Waals surface area contributed by atoms with E-state index in [0.717, 1.165) is 0 Å². The van der Waals surface area contributed by atoms with Crippen molar-refractivity contribution in [1.82, 2.24) is 10.1 Å². The first-order valence-corrected chi connectivity index (χ1v) is 5.13. The highest BCUT2D eigenvalue weighted by Gasteiger charge is 2.37. The summed E-state index contributed by atoms with van der Waals surface area (Å²) in [5.41, 5.74) is 6.24. The van der Waals surface area contributed by atoms with Crippen molar-refractivity contribution in [3.05, 3.63) is 28.5 Å². The first-order valence-electron chi connectivity index (χ1n) is 4.33. The third-order valence-electron chi connectivity index (χ3n) is 1.85. The summed E-state index contributed by atoms with van der Waals surface area (Å²) in [5.74, 6) is -1.55. The predicted octanol–water partition coefficient (Wildman–Crippen LogP) is 3.10. The molecule has 17 heavy (non-hydrogen) atoms. The fourth-order valence-electron chi connectivity index (χ4n) is 1.19. The van der Waals surface area contributed by atoms with Crippen LogP contribution in [-0.2, 0) is 6.18 Å². The van der Waals surface area contributed by atoms with Crippen molar-refractivity contribution in [2.24, 2.45) is 0 Å². The van der Waals surface area contributed by atoms with Gasteiger partial charge in [-0.05, 0) is 18.2 Å². The van der Waals surface area contributed by atoms with E-state index in [1.54, 1.807) is 6.07 Å². The molecule has 0 atom stereocenters. The molecule has 0 spiro atoms. The Hall–Kier alpha value is -1.57. The molecule has 0 amide bonds. The van der Waals surface area contributed by atoms with Crippen molar-refractivity contribution < 1.29 is 17.7 Å². The number of nitrogens with zero attached hydrogens (tertiary/aromatic N) is 2. The van der Waals surface area contributed by atoms with Crippen LogP contribution in [0.15, 0.2) is 27.2 Å². The molecule has 2 rings (SSSR count). The molecule has 0 aliphatic rings. The zero-order valence-corrected chi connectivity index (χ0v) is 9.71. The Balaban J connectivity index is 2.44. The molecule has 0 saturated carbocycles. The van der Waals surface area contributed by atoms with Crippen molar-refractivity contribution in [1.29, 1.82) is 0 Å². The molecular formula is C9H5BrF3N3O. The highest BCUT2D eigenvalue weighted by atomic mass is 79.9. The van der Waals surface area contributed by atoms with Crippen LogP contribution >= 0.6 is 15.9 Å². The molecule has 2 N–H and O–H groups in total. The maximum atomic E-state index is 12.3. The number of benzene rings is 1. The minimum absolute atomic E-state index is 0.231. The van der Waals surface area contributed by atoms with Crippen LogP contribution in [0.4, 0.5) is 18.9 Å². The first kappa shape index (κ1) is 11.9. The molecule has 2 aromatic rings. The lowest BCUT2D eigenvalue weighted by Crippen LogP contribution is -2.07. The van der Waals surface area contributed by atoms with Crippen molar-refractivity contribution >= 4 is 21.6 Å². The van der Waals surface area contributed by atoms with Crippen LogP contribution < -0.4 is 5.73 Å². The number of hydrogen-bond acceptors (Lipinski definition) is 4. The molecule has 0 saturated heterocycles. The van der Waals surface area contributed by atoms with Gasteiger partial charge in [-0.25, -0.2) is 0 Å². The second kappa shape index (κ2) is 4.02. The number of rotatable bonds is 1. The maximum absolute atomic E-state index is 12.3. The van der Waals surface area contributed by atoms with Crippen LogP contribution in [0.1, 0.15) is 5.82 Å². The highest BCUT2D eigenvalue weighted by Crippen LogP contribution is 2.30. The molecule has 90 valence electrons. The fraction of sp³-hybridized carbons (Fsp3) is 0.111. The summed E-state index contributed by atoms with van der Waals surface area (Å²) >= 11 is 3.16. The van der Waals surface area contributed by atoms with E-state index in [2.05, 4.69) is 30.6 Å². The highest BCUT2D eigenvalue weighted by molar-refractivity contribution is 9.10. The van der Waals surface area contributed by atoms with E-state index in [4.69, 9.17) is 5.73 Å². The lowest BCUT2D eigenvalue weighted by atomic mass is 10.2. The van der Waals surface area contributed by atoms with Gasteiger partial charge in [0, 0.05) is 15.7 Å². The van der Waals surface area contributed by atoms with Crippen molar-refractivity contribution in [2.45, 2.75) is 6.18 Å². The van der Waals surface area contributed by atoms with Crippen molar-refractivity contribution in [3.63, 3.8) is 0 Å². The topological polar surface area (TPSA) is 64.9 Å². The monoisotopic (exact) mass is 307 g/mol. The Kier molecular flexibility index (Phi) is 2.82. The fourth-order valence-corrected chi connectivity index (χ4v) is 1.70. The number of halogens is 4. The molecule has 0 bridgehead atoms. The number of nitrogens with two attached hydrogens (primary N) is 1. The van der Waals surface area contributed by atoms with Gasteiger partial charge in [-0.1, -0.05) is 21.1 Å². The average molecular weight is 308 g/mol. The molecule has 0 unspecified atom stereocenters. The third kappa shape index (κ3) is 2.57. The zero-order valence-electron chi connectivity index (χ0n) is 8.12. The van der Waals surface area contributed by atoms with Crippen molar-refractivity contribution in [3.8, 4) is 11.5 Å². The predicted molar refractivity (Wildman–Crippen MR) is 56.8 cm³/mol. The van der Waals surface area contributed by atoms with Gasteiger partial charge in [-0.15, -0.1) is 0 Å². The summed E-state index contributed by atoms with van der Waals surface area (Å²) in [6.07, 6.45) is -4.63. The summed E-state index contributed by atoms with van der Waals surface area (Å²) in [5, 5.41) is 2.86. The van der Waals surface area contributed by atoms with E-state index >= 15 is 0 Å². The molecule has 0 radical (unpaired) electrons. The molecular weight excluding hydrogens is 303 g/mol. The van der Waals surface area contributed by atoms with Gasteiger partial charge in [-0.3, -0.25) is 0 Å². The van der Waals surface area contributed by atoms with Gasteiger partial charge in [0.1, 0.15) is 0 Å². The summed E-state index contributed by atoms with van der Waals surface area (Å²) < 4.78 is 41.9. The lowest BCUT2D eigenvalue weighted by molar-refractivity contribution is -0.146. The quantitative estimate of drug-likeness (QED) is 0.822. The van der Waals surface area contributed by atoms with Gasteiger partial charge < -0.3 is 10.3 Å². The molecule has 1 heterocycles. The average Bonchev–Trinajstić information content (AvgIpc) is 2.63. The largest absolute Gasteiger partial charge is 0.455 e. The Morgan fingerprint density at radius 2 is 1.94 bits per heavy atom. The molecule has 8 heteroatoms. The molecule has 1 aromatic heterocycles. The summed E-state index contributed by atoms with van der Waals surface area (Å²) in [7, 11) is 0. The van der Waals surface area contributed by atoms with E-state index in [1.165, 1.54) is 12.1 Å². The Morgan fingerprint density at radius 3 is 2.47 bits per heavy atom.